The maximum Gasteiger partial charge on any atom is 0.123 e. The number of hydrogen-bond donors (Lipinski definition) is 1. The molecular formula is C15H13BrClNOS. The number of thioether (sulfide) groups is 1. The molecule has 1 aliphatic heterocycles. The average molecular weight is 371 g/mol. The summed E-state index contributed by atoms with van der Waals surface area (Å²) in [5.41, 5.74) is 7.77. The van der Waals surface area contributed by atoms with Crippen LogP contribution in [0.5, 0.6) is 5.75 Å². The lowest BCUT2D eigenvalue weighted by Crippen LogP contribution is -2.15. The molecule has 1 atom stereocenters. The summed E-state index contributed by atoms with van der Waals surface area (Å²) < 4.78 is 7.03. The van der Waals surface area contributed by atoms with E-state index in [1.807, 2.05) is 30.3 Å². The van der Waals surface area contributed by atoms with Gasteiger partial charge < -0.3 is 10.5 Å². The molecule has 2 aromatic rings. The monoisotopic (exact) mass is 369 g/mol. The average Bonchev–Trinajstić information content (AvgIpc) is 2.81. The van der Waals surface area contributed by atoms with Gasteiger partial charge in [0.05, 0.1) is 5.02 Å². The number of ether oxygens (including phenoxy) is 1. The number of nitrogens with two attached hydrogens (primary N) is 1. The molecule has 3 rings (SSSR count). The van der Waals surface area contributed by atoms with Crippen molar-refractivity contribution in [1.29, 1.82) is 0 Å². The van der Waals surface area contributed by atoms with Gasteiger partial charge in [-0.15, -0.1) is 11.8 Å². The van der Waals surface area contributed by atoms with Crippen molar-refractivity contribution in [3.8, 4) is 5.75 Å². The van der Waals surface area contributed by atoms with Crippen molar-refractivity contribution in [3.05, 3.63) is 51.5 Å². The van der Waals surface area contributed by atoms with Gasteiger partial charge in [0.2, 0.25) is 0 Å². The third-order valence-corrected chi connectivity index (χ3v) is 5.27. The van der Waals surface area contributed by atoms with Gasteiger partial charge in [0.15, 0.2) is 0 Å². The molecule has 0 bridgehead atoms. The Hall–Kier alpha value is -0.840. The van der Waals surface area contributed by atoms with Crippen LogP contribution in [-0.4, -0.2) is 11.9 Å². The molecule has 0 spiro atoms. The molecule has 1 aliphatic rings. The summed E-state index contributed by atoms with van der Waals surface area (Å²) in [6, 6.07) is 11.7. The molecular weight excluding hydrogens is 358 g/mol. The maximum atomic E-state index is 6.17. The lowest BCUT2D eigenvalue weighted by atomic mass is 10.1. The van der Waals surface area contributed by atoms with Gasteiger partial charge >= 0.3 is 0 Å². The zero-order chi connectivity index (χ0) is 14.1. The largest absolute Gasteiger partial charge is 0.489 e. The summed E-state index contributed by atoms with van der Waals surface area (Å²) in [5.74, 6) is 1.84. The summed E-state index contributed by atoms with van der Waals surface area (Å²) >= 11 is 11.3. The highest BCUT2D eigenvalue weighted by Gasteiger charge is 2.23. The molecule has 0 saturated carbocycles. The van der Waals surface area contributed by atoms with Crippen molar-refractivity contribution in [2.45, 2.75) is 17.4 Å². The van der Waals surface area contributed by atoms with Crippen LogP contribution >= 0.6 is 39.3 Å². The van der Waals surface area contributed by atoms with E-state index in [0.717, 1.165) is 38.0 Å². The van der Waals surface area contributed by atoms with Gasteiger partial charge in [-0.05, 0) is 42.0 Å². The van der Waals surface area contributed by atoms with Gasteiger partial charge in [-0.25, -0.2) is 0 Å². The predicted octanol–water partition coefficient (Wildman–Crippen LogP) is 4.78. The summed E-state index contributed by atoms with van der Waals surface area (Å²) in [5, 5.41) is 0.738. The lowest BCUT2D eigenvalue weighted by Gasteiger charge is -2.11. The van der Waals surface area contributed by atoms with Crippen LogP contribution in [0, 0.1) is 0 Å². The first kappa shape index (κ1) is 14.1. The molecule has 2 nitrogen and oxygen atoms in total. The van der Waals surface area contributed by atoms with Crippen molar-refractivity contribution >= 4 is 45.0 Å². The third-order valence-electron chi connectivity index (χ3n) is 3.14. The van der Waals surface area contributed by atoms with Gasteiger partial charge in [-0.1, -0.05) is 27.5 Å². The van der Waals surface area contributed by atoms with Crippen LogP contribution in [0.1, 0.15) is 5.56 Å². The lowest BCUT2D eigenvalue weighted by molar-refractivity contribution is 0.259. The van der Waals surface area contributed by atoms with E-state index >= 15 is 0 Å². The quantitative estimate of drug-likeness (QED) is 0.624. The summed E-state index contributed by atoms with van der Waals surface area (Å²) in [6.45, 7) is 0. The van der Waals surface area contributed by atoms with Crippen LogP contribution in [0.4, 0.5) is 5.69 Å². The molecule has 0 aliphatic carbocycles. The predicted molar refractivity (Wildman–Crippen MR) is 88.9 cm³/mol. The van der Waals surface area contributed by atoms with Gasteiger partial charge in [0, 0.05) is 27.2 Å². The molecule has 5 heteroatoms. The number of fused-ring (bicyclic) bond motifs is 1. The first-order valence-electron chi connectivity index (χ1n) is 6.25. The summed E-state index contributed by atoms with van der Waals surface area (Å²) in [6.07, 6.45) is 1.11. The molecule has 0 fully saturated rings. The van der Waals surface area contributed by atoms with Crippen LogP contribution < -0.4 is 10.5 Å². The first-order chi connectivity index (χ1) is 9.61. The van der Waals surface area contributed by atoms with Crippen molar-refractivity contribution in [2.75, 3.05) is 11.5 Å². The maximum absolute atomic E-state index is 6.17. The highest BCUT2D eigenvalue weighted by molar-refractivity contribution is 9.10. The Morgan fingerprint density at radius 2 is 2.15 bits per heavy atom. The van der Waals surface area contributed by atoms with E-state index in [4.69, 9.17) is 22.1 Å². The Bertz CT molecular complexity index is 650. The van der Waals surface area contributed by atoms with E-state index in [9.17, 15) is 0 Å². The number of hydrogen-bond acceptors (Lipinski definition) is 3. The number of benzene rings is 2. The highest BCUT2D eigenvalue weighted by atomic mass is 79.9. The van der Waals surface area contributed by atoms with Crippen molar-refractivity contribution in [1.82, 2.24) is 0 Å². The summed E-state index contributed by atoms with van der Waals surface area (Å²) in [4.78, 5) is 1.01. The molecule has 0 amide bonds. The molecule has 20 heavy (non-hydrogen) atoms. The van der Waals surface area contributed by atoms with Crippen LogP contribution in [0.2, 0.25) is 5.02 Å². The number of halogens is 2. The van der Waals surface area contributed by atoms with Gasteiger partial charge in [-0.3, -0.25) is 0 Å². The fourth-order valence-corrected chi connectivity index (χ4v) is 3.86. The van der Waals surface area contributed by atoms with Gasteiger partial charge in [0.25, 0.3) is 0 Å². The Balaban J connectivity index is 1.65. The standard InChI is InChI=1S/C15H13BrClNOS/c16-10-1-4-14-9(5-10)6-12(19-14)8-20-15-7-11(18)2-3-13(15)17/h1-5,7,12H,6,8,18H2. The number of nitrogen functional groups attached to an aromatic ring is 1. The summed E-state index contributed by atoms with van der Waals surface area (Å²) in [7, 11) is 0. The fraction of sp³-hybridized carbons (Fsp3) is 0.200. The van der Waals surface area contributed by atoms with Crippen LogP contribution in [0.3, 0.4) is 0 Å². The minimum Gasteiger partial charge on any atom is -0.489 e. The van der Waals surface area contributed by atoms with Gasteiger partial charge in [0.1, 0.15) is 11.9 Å². The second-order valence-corrected chi connectivity index (χ2v) is 7.08. The Labute approximate surface area is 135 Å². The van der Waals surface area contributed by atoms with E-state index in [-0.39, 0.29) is 6.10 Å². The highest BCUT2D eigenvalue weighted by Crippen LogP contribution is 2.35. The molecule has 0 saturated heterocycles. The van der Waals surface area contributed by atoms with Crippen LogP contribution in [-0.2, 0) is 6.42 Å². The Morgan fingerprint density at radius 3 is 3.00 bits per heavy atom. The number of rotatable bonds is 3. The molecule has 2 N–H and O–H groups in total. The topological polar surface area (TPSA) is 35.2 Å². The normalized spacial score (nSPS) is 16.8. The van der Waals surface area contributed by atoms with E-state index in [1.54, 1.807) is 11.8 Å². The Kier molecular flexibility index (Phi) is 4.15. The Morgan fingerprint density at radius 1 is 1.30 bits per heavy atom. The second kappa shape index (κ2) is 5.88. The zero-order valence-electron chi connectivity index (χ0n) is 10.6. The molecule has 1 heterocycles. The van der Waals surface area contributed by atoms with Crippen LogP contribution in [0.15, 0.2) is 45.8 Å². The smallest absolute Gasteiger partial charge is 0.123 e. The molecule has 104 valence electrons. The van der Waals surface area contributed by atoms with E-state index in [1.165, 1.54) is 5.56 Å². The fourth-order valence-electron chi connectivity index (χ4n) is 2.20. The first-order valence-corrected chi connectivity index (χ1v) is 8.40. The molecule has 0 aromatic heterocycles. The zero-order valence-corrected chi connectivity index (χ0v) is 13.8. The van der Waals surface area contributed by atoms with E-state index in [2.05, 4.69) is 22.0 Å². The van der Waals surface area contributed by atoms with Gasteiger partial charge in [-0.2, -0.15) is 0 Å². The second-order valence-electron chi connectivity index (χ2n) is 4.70. The van der Waals surface area contributed by atoms with E-state index < -0.39 is 0 Å². The molecule has 2 aromatic carbocycles. The van der Waals surface area contributed by atoms with Crippen molar-refractivity contribution in [2.24, 2.45) is 0 Å². The van der Waals surface area contributed by atoms with Crippen molar-refractivity contribution in [3.63, 3.8) is 0 Å². The number of anilines is 1. The third kappa shape index (κ3) is 3.08. The van der Waals surface area contributed by atoms with Crippen LogP contribution in [0.25, 0.3) is 0 Å². The van der Waals surface area contributed by atoms with E-state index in [0.29, 0.717) is 0 Å². The SMILES string of the molecule is Nc1ccc(Cl)c(SCC2Cc3cc(Br)ccc3O2)c1. The molecule has 0 radical (unpaired) electrons. The minimum atomic E-state index is 0.182. The molecule has 1 unspecified atom stereocenters. The minimum absolute atomic E-state index is 0.182. The van der Waals surface area contributed by atoms with Crippen molar-refractivity contribution < 1.29 is 4.74 Å².